The average molecular weight is 647 g/mol. The Labute approximate surface area is 251 Å². The first-order chi connectivity index (χ1) is 19.1. The maximum Gasteiger partial charge on any atom is 0.358 e. The summed E-state index contributed by atoms with van der Waals surface area (Å²) in [5.74, 6) is -0.225. The van der Waals surface area contributed by atoms with Gasteiger partial charge in [0.05, 0.1) is 31.0 Å². The maximum absolute atomic E-state index is 13.8. The first kappa shape index (κ1) is 29.9. The molecule has 2 aromatic carbocycles. The standard InChI is InChI=1S/C30H30BrCl2N3O4/c1-5-40-29(38)26-27(36(18(2)3)30(31)34-26)25(20-8-10-22(32)11-9-20)15-21-14-23(33)17-35(28(21)37)16-19-6-12-24(39-4)13-7-19/h6-14,17-18,25H,5,15-16H2,1-4H3. The predicted molar refractivity (Wildman–Crippen MR) is 161 cm³/mol. The summed E-state index contributed by atoms with van der Waals surface area (Å²) in [6.07, 6.45) is 1.90. The molecule has 0 saturated carbocycles. The maximum atomic E-state index is 13.8. The lowest BCUT2D eigenvalue weighted by Crippen LogP contribution is -2.26. The van der Waals surface area contributed by atoms with Gasteiger partial charge in [-0.1, -0.05) is 47.5 Å². The Morgan fingerprint density at radius 1 is 1.05 bits per heavy atom. The first-order valence-electron chi connectivity index (χ1n) is 12.8. The highest BCUT2D eigenvalue weighted by molar-refractivity contribution is 9.10. The molecule has 1 atom stereocenters. The van der Waals surface area contributed by atoms with E-state index in [1.54, 1.807) is 43.0 Å². The van der Waals surface area contributed by atoms with Crippen molar-refractivity contribution in [3.8, 4) is 5.75 Å². The van der Waals surface area contributed by atoms with Gasteiger partial charge in [-0.15, -0.1) is 0 Å². The normalized spacial score (nSPS) is 12.0. The molecule has 0 aliphatic heterocycles. The highest BCUT2D eigenvalue weighted by Crippen LogP contribution is 2.36. The fourth-order valence-corrected chi connectivity index (χ4v) is 5.88. The molecule has 4 rings (SSSR count). The molecule has 0 bridgehead atoms. The number of halogens is 3. The number of hydrogen-bond acceptors (Lipinski definition) is 5. The Balaban J connectivity index is 1.85. The molecule has 4 aromatic rings. The Bertz CT molecular complexity index is 1550. The molecule has 0 radical (unpaired) electrons. The molecule has 0 amide bonds. The molecule has 0 spiro atoms. The highest BCUT2D eigenvalue weighted by atomic mass is 79.9. The van der Waals surface area contributed by atoms with E-state index in [0.29, 0.717) is 32.6 Å². The van der Waals surface area contributed by atoms with Crippen molar-refractivity contribution < 1.29 is 14.3 Å². The lowest BCUT2D eigenvalue weighted by atomic mass is 9.88. The van der Waals surface area contributed by atoms with Crippen LogP contribution < -0.4 is 10.3 Å². The van der Waals surface area contributed by atoms with Crippen LogP contribution in [0.15, 0.2) is 70.3 Å². The van der Waals surface area contributed by atoms with Gasteiger partial charge in [-0.05, 0) is 84.6 Å². The van der Waals surface area contributed by atoms with Crippen molar-refractivity contribution in [2.45, 2.75) is 45.7 Å². The molecular weight excluding hydrogens is 617 g/mol. The Morgan fingerprint density at radius 2 is 1.73 bits per heavy atom. The fraction of sp³-hybridized carbons (Fsp3) is 0.300. The minimum atomic E-state index is -0.528. The Hall–Kier alpha value is -3.07. The SMILES string of the molecule is CCOC(=O)c1nc(Br)n(C(C)C)c1C(Cc1cc(Cl)cn(Cc2ccc(OC)cc2)c1=O)c1ccc(Cl)cc1. The third-order valence-corrected chi connectivity index (χ3v) is 7.57. The number of aromatic nitrogens is 3. The number of hydrogen-bond donors (Lipinski definition) is 0. The number of ether oxygens (including phenoxy) is 2. The quantitative estimate of drug-likeness (QED) is 0.169. The molecule has 210 valence electrons. The van der Waals surface area contributed by atoms with Crippen molar-refractivity contribution in [2.24, 2.45) is 0 Å². The van der Waals surface area contributed by atoms with E-state index in [9.17, 15) is 9.59 Å². The zero-order chi connectivity index (χ0) is 29.0. The van der Waals surface area contributed by atoms with Crippen LogP contribution in [0.1, 0.15) is 65.6 Å². The summed E-state index contributed by atoms with van der Waals surface area (Å²) in [6, 6.07) is 16.5. The number of benzene rings is 2. The smallest absolute Gasteiger partial charge is 0.358 e. The van der Waals surface area contributed by atoms with Crippen LogP contribution in [0.2, 0.25) is 10.0 Å². The van der Waals surface area contributed by atoms with Gasteiger partial charge in [-0.2, -0.15) is 0 Å². The summed E-state index contributed by atoms with van der Waals surface area (Å²) in [4.78, 5) is 31.4. The monoisotopic (exact) mass is 645 g/mol. The van der Waals surface area contributed by atoms with E-state index in [-0.39, 0.29) is 30.3 Å². The summed E-state index contributed by atoms with van der Waals surface area (Å²) < 4.78 is 14.7. The lowest BCUT2D eigenvalue weighted by molar-refractivity contribution is 0.0518. The van der Waals surface area contributed by atoms with E-state index in [4.69, 9.17) is 32.7 Å². The van der Waals surface area contributed by atoms with Crippen LogP contribution in [0.5, 0.6) is 5.75 Å². The van der Waals surface area contributed by atoms with Gasteiger partial charge in [-0.25, -0.2) is 9.78 Å². The zero-order valence-electron chi connectivity index (χ0n) is 22.7. The van der Waals surface area contributed by atoms with Crippen LogP contribution in [-0.2, 0) is 17.7 Å². The molecule has 0 aliphatic carbocycles. The van der Waals surface area contributed by atoms with Crippen molar-refractivity contribution in [3.05, 3.63) is 114 Å². The molecule has 7 nitrogen and oxygen atoms in total. The zero-order valence-corrected chi connectivity index (χ0v) is 25.8. The second-order valence-corrected chi connectivity index (χ2v) is 11.2. The molecule has 2 aromatic heterocycles. The average Bonchev–Trinajstić information content (AvgIpc) is 3.28. The van der Waals surface area contributed by atoms with E-state index >= 15 is 0 Å². The topological polar surface area (TPSA) is 75.3 Å². The van der Waals surface area contributed by atoms with Gasteiger partial charge in [0.25, 0.3) is 5.56 Å². The van der Waals surface area contributed by atoms with Crippen LogP contribution in [0.3, 0.4) is 0 Å². The number of methoxy groups -OCH3 is 1. The molecular formula is C30H30BrCl2N3O4. The van der Waals surface area contributed by atoms with E-state index in [0.717, 1.165) is 16.9 Å². The summed E-state index contributed by atoms with van der Waals surface area (Å²) in [6.45, 7) is 6.31. The van der Waals surface area contributed by atoms with E-state index in [2.05, 4.69) is 20.9 Å². The first-order valence-corrected chi connectivity index (χ1v) is 14.4. The number of carbonyl (C=O) groups excluding carboxylic acids is 1. The van der Waals surface area contributed by atoms with E-state index in [1.165, 1.54) is 0 Å². The van der Waals surface area contributed by atoms with E-state index in [1.807, 2.05) is 54.8 Å². The Morgan fingerprint density at radius 3 is 2.33 bits per heavy atom. The van der Waals surface area contributed by atoms with Gasteiger partial charge in [0, 0.05) is 28.7 Å². The van der Waals surface area contributed by atoms with Crippen molar-refractivity contribution in [1.29, 1.82) is 0 Å². The molecule has 2 heterocycles. The minimum absolute atomic E-state index is 0.0408. The second kappa shape index (κ2) is 13.1. The van der Waals surface area contributed by atoms with Gasteiger partial charge in [0.2, 0.25) is 0 Å². The Kier molecular flexibility index (Phi) is 9.77. The van der Waals surface area contributed by atoms with Crippen LogP contribution in [0, 0.1) is 0 Å². The number of pyridine rings is 1. The number of nitrogens with zero attached hydrogens (tertiary/aromatic N) is 3. The van der Waals surface area contributed by atoms with Crippen molar-refractivity contribution in [1.82, 2.24) is 14.1 Å². The lowest BCUT2D eigenvalue weighted by Gasteiger charge is -2.23. The summed E-state index contributed by atoms with van der Waals surface area (Å²) in [5, 5.41) is 1.01. The minimum Gasteiger partial charge on any atom is -0.497 e. The fourth-order valence-electron chi connectivity index (χ4n) is 4.73. The largest absolute Gasteiger partial charge is 0.497 e. The molecule has 0 aliphatic rings. The molecule has 10 heteroatoms. The number of imidazole rings is 1. The van der Waals surface area contributed by atoms with Crippen molar-refractivity contribution >= 4 is 45.1 Å². The summed E-state index contributed by atoms with van der Waals surface area (Å²) in [5.41, 5.74) is 2.96. The van der Waals surface area contributed by atoms with Crippen LogP contribution in [0.4, 0.5) is 0 Å². The number of esters is 1. The van der Waals surface area contributed by atoms with E-state index < -0.39 is 11.9 Å². The molecule has 0 fully saturated rings. The van der Waals surface area contributed by atoms with Gasteiger partial charge in [0.15, 0.2) is 10.4 Å². The predicted octanol–water partition coefficient (Wildman–Crippen LogP) is 7.30. The molecule has 0 N–H and O–H groups in total. The number of rotatable bonds is 10. The third kappa shape index (κ3) is 6.62. The second-order valence-electron chi connectivity index (χ2n) is 9.57. The van der Waals surface area contributed by atoms with Crippen LogP contribution >= 0.6 is 39.1 Å². The van der Waals surface area contributed by atoms with Crippen LogP contribution in [-0.4, -0.2) is 33.8 Å². The van der Waals surface area contributed by atoms with Gasteiger partial charge >= 0.3 is 5.97 Å². The highest BCUT2D eigenvalue weighted by Gasteiger charge is 2.31. The van der Waals surface area contributed by atoms with Crippen molar-refractivity contribution in [3.63, 3.8) is 0 Å². The van der Waals surface area contributed by atoms with Crippen LogP contribution in [0.25, 0.3) is 0 Å². The summed E-state index contributed by atoms with van der Waals surface area (Å²) in [7, 11) is 1.61. The number of carbonyl (C=O) groups is 1. The molecule has 40 heavy (non-hydrogen) atoms. The van der Waals surface area contributed by atoms with Gasteiger partial charge in [0.1, 0.15) is 5.75 Å². The summed E-state index contributed by atoms with van der Waals surface area (Å²) >= 11 is 16.3. The molecule has 0 saturated heterocycles. The van der Waals surface area contributed by atoms with Gasteiger partial charge in [-0.3, -0.25) is 4.79 Å². The van der Waals surface area contributed by atoms with Gasteiger partial charge < -0.3 is 18.6 Å². The third-order valence-electron chi connectivity index (χ3n) is 6.56. The van der Waals surface area contributed by atoms with Crippen molar-refractivity contribution in [2.75, 3.05) is 13.7 Å². The molecule has 1 unspecified atom stereocenters.